The molecule has 0 fully saturated rings. The van der Waals surface area contributed by atoms with Gasteiger partial charge in [-0.3, -0.25) is 0 Å². The zero-order chi connectivity index (χ0) is 74.0. The van der Waals surface area contributed by atoms with Crippen LogP contribution in [-0.4, -0.2) is 39.0 Å². The van der Waals surface area contributed by atoms with Crippen molar-refractivity contribution in [1.29, 1.82) is 0 Å². The highest BCUT2D eigenvalue weighted by Gasteiger charge is 2.22. The van der Waals surface area contributed by atoms with E-state index in [9.17, 15) is 0 Å². The van der Waals surface area contributed by atoms with Crippen molar-refractivity contribution in [1.82, 2.24) is 39.0 Å². The molecule has 112 heavy (non-hydrogen) atoms. The monoisotopic (exact) mass is 1460 g/mol. The van der Waals surface area contributed by atoms with Crippen LogP contribution >= 0.6 is 22.7 Å². The van der Waals surface area contributed by atoms with Crippen LogP contribution in [0.25, 0.3) is 208 Å². The van der Waals surface area contributed by atoms with Crippen LogP contribution < -0.4 is 0 Å². The summed E-state index contributed by atoms with van der Waals surface area (Å²) < 4.78 is 10.0. The van der Waals surface area contributed by atoms with Gasteiger partial charge in [0.05, 0.1) is 22.1 Å². The minimum absolute atomic E-state index is 0.625. The van der Waals surface area contributed by atoms with Gasteiger partial charge in [0.1, 0.15) is 0 Å². The highest BCUT2D eigenvalue weighted by atomic mass is 32.1. The number of rotatable bonds is 12. The van der Waals surface area contributed by atoms with Crippen molar-refractivity contribution in [2.45, 2.75) is 0 Å². The van der Waals surface area contributed by atoms with Gasteiger partial charge in [-0.2, -0.15) is 0 Å². The molecule has 16 aromatic carbocycles. The van der Waals surface area contributed by atoms with Gasteiger partial charge in [-0.1, -0.05) is 303 Å². The summed E-state index contributed by atoms with van der Waals surface area (Å²) >= 11 is 3.75. The zero-order valence-corrected chi connectivity index (χ0v) is 62.0. The summed E-state index contributed by atoms with van der Waals surface area (Å²) in [5, 5.41) is 10.2. The number of benzene rings is 16. The molecule has 8 nitrogen and oxygen atoms in total. The van der Waals surface area contributed by atoms with Crippen molar-refractivity contribution in [3.8, 4) is 124 Å². The fraction of sp³-hybridized carbons (Fsp3) is 0. The number of thiophene rings is 2. The molecule has 0 aliphatic heterocycles. The summed E-state index contributed by atoms with van der Waals surface area (Å²) in [4.78, 5) is 30.1. The van der Waals surface area contributed by atoms with E-state index in [1.54, 1.807) is 0 Å². The van der Waals surface area contributed by atoms with E-state index in [1.807, 2.05) is 120 Å². The van der Waals surface area contributed by atoms with Crippen molar-refractivity contribution >= 4 is 107 Å². The maximum atomic E-state index is 5.14. The fourth-order valence-electron chi connectivity index (χ4n) is 16.0. The lowest BCUT2D eigenvalue weighted by Gasteiger charge is -2.12. The highest BCUT2D eigenvalue weighted by molar-refractivity contribution is 7.26. The Morgan fingerprint density at radius 1 is 0.170 bits per heavy atom. The molecule has 22 aromatic rings. The normalized spacial score (nSPS) is 11.6. The quantitative estimate of drug-likeness (QED) is 0.121. The van der Waals surface area contributed by atoms with Crippen LogP contribution in [0.2, 0.25) is 0 Å². The van der Waals surface area contributed by atoms with E-state index >= 15 is 0 Å². The minimum Gasteiger partial charge on any atom is -0.309 e. The minimum atomic E-state index is 0.625. The van der Waals surface area contributed by atoms with E-state index in [2.05, 4.69) is 300 Å². The fourth-order valence-corrected chi connectivity index (χ4v) is 18.5. The first kappa shape index (κ1) is 65.8. The van der Waals surface area contributed by atoms with Crippen LogP contribution in [0.3, 0.4) is 0 Å². The summed E-state index contributed by atoms with van der Waals surface area (Å²) in [6, 6.07) is 137. The van der Waals surface area contributed by atoms with Gasteiger partial charge in [-0.15, -0.1) is 22.7 Å². The Hall–Kier alpha value is -14.4. The van der Waals surface area contributed by atoms with Gasteiger partial charge < -0.3 is 9.13 Å². The average molecular weight is 1470 g/mol. The molecule has 0 radical (unpaired) electrons. The number of fused-ring (bicyclic) bond motifs is 12. The maximum absolute atomic E-state index is 5.14. The summed E-state index contributed by atoms with van der Waals surface area (Å²) in [6.07, 6.45) is 0. The van der Waals surface area contributed by atoms with E-state index < -0.39 is 0 Å². The average Bonchev–Trinajstić information content (AvgIpc) is 1.58. The lowest BCUT2D eigenvalue weighted by molar-refractivity contribution is 1.07. The van der Waals surface area contributed by atoms with Crippen molar-refractivity contribution in [2.75, 3.05) is 0 Å². The number of hydrogen-bond donors (Lipinski definition) is 0. The number of aromatic nitrogens is 8. The third kappa shape index (κ3) is 11.9. The third-order valence-electron chi connectivity index (χ3n) is 21.3. The highest BCUT2D eigenvalue weighted by Crippen LogP contribution is 2.45. The Morgan fingerprint density at radius 3 is 0.884 bits per heavy atom. The molecule has 0 unspecified atom stereocenters. The van der Waals surface area contributed by atoms with Crippen LogP contribution in [0.5, 0.6) is 0 Å². The second-order valence-corrected chi connectivity index (χ2v) is 30.2. The molecule has 0 aliphatic carbocycles. The summed E-state index contributed by atoms with van der Waals surface area (Å²) in [5.41, 5.74) is 21.9. The Kier molecular flexibility index (Phi) is 16.4. The lowest BCUT2D eigenvalue weighted by Crippen LogP contribution is -2.01. The topological polar surface area (TPSA) is 87.2 Å². The van der Waals surface area contributed by atoms with Crippen molar-refractivity contribution in [3.63, 3.8) is 0 Å². The molecule has 0 spiro atoms. The Morgan fingerprint density at radius 2 is 0.455 bits per heavy atom. The predicted octanol–water partition coefficient (Wildman–Crippen LogP) is 27.3. The van der Waals surface area contributed by atoms with Gasteiger partial charge in [0.25, 0.3) is 0 Å². The van der Waals surface area contributed by atoms with Gasteiger partial charge in [0, 0.05) is 107 Å². The molecule has 6 heterocycles. The molecular weight excluding hydrogens is 1400 g/mol. The first-order valence-electron chi connectivity index (χ1n) is 37.5. The molecule has 10 heteroatoms. The Bertz CT molecular complexity index is 7330. The summed E-state index contributed by atoms with van der Waals surface area (Å²) in [7, 11) is 0. The third-order valence-corrected chi connectivity index (χ3v) is 23.7. The SMILES string of the molecule is c1ccc(-c2cccc(-c3nc(-c4ccccc4)nc(-c4cccc(-n5c6ccccc6c6cc(-c7cccc8c7sc7ccccc78)ccc65)c4)n3)c2)cc1.c1ccc(-c2nc(-c3ccccc3)nc(-c3cccc(-c4cccc(-n5c6ccccc6c6cc(-c7cccc8c7sc7ccccc78)ccc65)c4)c3)n2)cc1. The van der Waals surface area contributed by atoms with Crippen LogP contribution in [0.15, 0.2) is 388 Å². The van der Waals surface area contributed by atoms with E-state index in [4.69, 9.17) is 29.9 Å². The van der Waals surface area contributed by atoms with E-state index in [0.717, 1.165) is 78.0 Å². The predicted molar refractivity (Wildman–Crippen MR) is 468 cm³/mol. The van der Waals surface area contributed by atoms with Gasteiger partial charge in [0.15, 0.2) is 34.9 Å². The molecule has 22 rings (SSSR count). The van der Waals surface area contributed by atoms with Gasteiger partial charge >= 0.3 is 0 Å². The largest absolute Gasteiger partial charge is 0.309 e. The molecular formula is C102H64N8S2. The van der Waals surface area contributed by atoms with Crippen molar-refractivity contribution < 1.29 is 0 Å². The van der Waals surface area contributed by atoms with Gasteiger partial charge in [-0.25, -0.2) is 29.9 Å². The van der Waals surface area contributed by atoms with Gasteiger partial charge in [0.2, 0.25) is 0 Å². The molecule has 0 N–H and O–H groups in total. The summed E-state index contributed by atoms with van der Waals surface area (Å²) in [6.45, 7) is 0. The lowest BCUT2D eigenvalue weighted by atomic mass is 10.0. The van der Waals surface area contributed by atoms with E-state index in [-0.39, 0.29) is 0 Å². The van der Waals surface area contributed by atoms with Crippen molar-refractivity contribution in [3.05, 3.63) is 388 Å². The molecule has 0 atom stereocenters. The first-order valence-corrected chi connectivity index (χ1v) is 39.2. The number of hydrogen-bond acceptors (Lipinski definition) is 8. The van der Waals surface area contributed by atoms with Crippen LogP contribution in [0.4, 0.5) is 0 Å². The molecule has 0 saturated heterocycles. The van der Waals surface area contributed by atoms with Crippen LogP contribution in [0, 0.1) is 0 Å². The molecule has 0 amide bonds. The van der Waals surface area contributed by atoms with Crippen LogP contribution in [-0.2, 0) is 0 Å². The van der Waals surface area contributed by atoms with E-state index in [1.165, 1.54) is 95.2 Å². The smallest absolute Gasteiger partial charge is 0.164 e. The summed E-state index contributed by atoms with van der Waals surface area (Å²) in [5.74, 6) is 3.84. The molecule has 0 aliphatic rings. The Labute approximate surface area is 653 Å². The first-order chi connectivity index (χ1) is 55.5. The number of nitrogens with zero attached hydrogens (tertiary/aromatic N) is 8. The molecule has 6 aromatic heterocycles. The van der Waals surface area contributed by atoms with Gasteiger partial charge in [-0.05, 0) is 129 Å². The second-order valence-electron chi connectivity index (χ2n) is 28.1. The Balaban J connectivity index is 0.000000141. The molecule has 0 saturated carbocycles. The maximum Gasteiger partial charge on any atom is 0.164 e. The zero-order valence-electron chi connectivity index (χ0n) is 60.3. The molecule has 0 bridgehead atoms. The van der Waals surface area contributed by atoms with E-state index in [0.29, 0.717) is 34.9 Å². The second kappa shape index (κ2) is 28.0. The van der Waals surface area contributed by atoms with Crippen LogP contribution in [0.1, 0.15) is 0 Å². The van der Waals surface area contributed by atoms with Crippen molar-refractivity contribution in [2.24, 2.45) is 0 Å². The standard InChI is InChI=1S/2C51H32N4S/c1-3-14-33(15-4-1)49-52-50(34-16-5-2-6-17-34)54-51(53-49)38-20-11-18-35(30-38)36-19-12-21-39(31-36)55-45-26-9-7-22-41(45)44-32-37(28-29-46(44)55)40-24-13-25-43-42-23-8-10-27-47(42)56-48(40)43;1-3-14-33(15-4-1)35-18-11-19-37(30-35)50-52-49(34-16-5-2-6-17-34)53-51(54-50)38-20-12-21-39(31-38)55-45-26-9-7-22-41(45)44-32-36(28-29-46(44)55)40-24-13-25-43-42-23-8-10-27-47(42)56-48(40)43/h2*1-32H. The molecule has 524 valence electrons. The number of para-hydroxylation sites is 2.